The Balaban J connectivity index is 1.56. The van der Waals surface area contributed by atoms with E-state index in [1.165, 1.54) is 0 Å². The molecule has 0 aliphatic carbocycles. The second-order valence-corrected chi connectivity index (χ2v) is 6.99. The molecular formula is C14H12N2OS3. The van der Waals surface area contributed by atoms with Crippen molar-refractivity contribution in [2.75, 3.05) is 0 Å². The molecule has 1 amide bonds. The summed E-state index contributed by atoms with van der Waals surface area (Å²) in [5.41, 5.74) is 0.835. The highest BCUT2D eigenvalue weighted by molar-refractivity contribution is 7.20. The molecule has 102 valence electrons. The average molecular weight is 320 g/mol. The number of aromatic nitrogens is 1. The van der Waals surface area contributed by atoms with E-state index < -0.39 is 0 Å². The summed E-state index contributed by atoms with van der Waals surface area (Å²) in [6.07, 6.45) is 0.341. The first kappa shape index (κ1) is 13.5. The zero-order valence-electron chi connectivity index (χ0n) is 10.5. The number of hydrogen-bond acceptors (Lipinski definition) is 5. The number of nitrogens with zero attached hydrogens (tertiary/aromatic N) is 1. The van der Waals surface area contributed by atoms with Crippen molar-refractivity contribution >= 4 is 39.9 Å². The van der Waals surface area contributed by atoms with Gasteiger partial charge in [0.05, 0.1) is 23.5 Å². The van der Waals surface area contributed by atoms with E-state index in [2.05, 4.69) is 10.3 Å². The summed E-state index contributed by atoms with van der Waals surface area (Å²) in [6, 6.07) is 8.06. The van der Waals surface area contributed by atoms with Gasteiger partial charge in [0.2, 0.25) is 5.91 Å². The summed E-state index contributed by atoms with van der Waals surface area (Å²) in [4.78, 5) is 18.7. The normalized spacial score (nSPS) is 10.6. The molecule has 3 nitrogen and oxygen atoms in total. The molecular weight excluding hydrogens is 308 g/mol. The summed E-state index contributed by atoms with van der Waals surface area (Å²) in [7, 11) is 0. The number of nitrogens with one attached hydrogen (secondary N) is 1. The van der Waals surface area contributed by atoms with Crippen molar-refractivity contribution in [1.82, 2.24) is 10.3 Å². The minimum atomic E-state index is 0.0152. The van der Waals surface area contributed by atoms with Crippen LogP contribution in [0.4, 0.5) is 0 Å². The molecule has 0 radical (unpaired) electrons. The summed E-state index contributed by atoms with van der Waals surface area (Å²) in [5.74, 6) is 0.0152. The molecule has 3 heterocycles. The third kappa shape index (κ3) is 3.33. The lowest BCUT2D eigenvalue weighted by molar-refractivity contribution is -0.120. The maximum atomic E-state index is 11.9. The van der Waals surface area contributed by atoms with Gasteiger partial charge >= 0.3 is 0 Å². The number of hydrogen-bond donors (Lipinski definition) is 1. The van der Waals surface area contributed by atoms with E-state index in [0.717, 1.165) is 20.5 Å². The summed E-state index contributed by atoms with van der Waals surface area (Å²) in [5, 5.41) is 9.90. The van der Waals surface area contributed by atoms with Gasteiger partial charge in [-0.25, -0.2) is 4.98 Å². The van der Waals surface area contributed by atoms with Crippen LogP contribution in [0.2, 0.25) is 0 Å². The number of thiophene rings is 2. The second-order valence-electron chi connectivity index (χ2n) is 4.15. The fourth-order valence-electron chi connectivity index (χ4n) is 1.73. The lowest BCUT2D eigenvalue weighted by atomic mass is 10.3. The van der Waals surface area contributed by atoms with Crippen LogP contribution in [0.3, 0.4) is 0 Å². The van der Waals surface area contributed by atoms with Gasteiger partial charge in [-0.15, -0.1) is 34.0 Å². The molecule has 1 N–H and O–H groups in total. The van der Waals surface area contributed by atoms with Crippen molar-refractivity contribution in [3.63, 3.8) is 0 Å². The molecule has 0 unspecified atom stereocenters. The quantitative estimate of drug-likeness (QED) is 0.777. The number of carbonyl (C=O) groups is 1. The zero-order valence-corrected chi connectivity index (χ0v) is 13.0. The van der Waals surface area contributed by atoms with Gasteiger partial charge in [0.25, 0.3) is 0 Å². The Morgan fingerprint density at radius 3 is 2.75 bits per heavy atom. The fourth-order valence-corrected chi connectivity index (χ4v) is 4.01. The molecule has 3 rings (SSSR count). The van der Waals surface area contributed by atoms with Crippen LogP contribution in [0.15, 0.2) is 40.4 Å². The van der Waals surface area contributed by atoms with Crippen LogP contribution in [-0.2, 0) is 17.8 Å². The lowest BCUT2D eigenvalue weighted by Crippen LogP contribution is -2.24. The molecule has 0 aliphatic rings. The molecule has 3 aromatic heterocycles. The van der Waals surface area contributed by atoms with Crippen LogP contribution < -0.4 is 5.32 Å². The van der Waals surface area contributed by atoms with E-state index >= 15 is 0 Å². The molecule has 6 heteroatoms. The monoisotopic (exact) mass is 320 g/mol. The smallest absolute Gasteiger partial charge is 0.226 e. The van der Waals surface area contributed by atoms with Gasteiger partial charge in [0, 0.05) is 10.3 Å². The molecule has 0 bridgehead atoms. The van der Waals surface area contributed by atoms with E-state index in [4.69, 9.17) is 0 Å². The van der Waals surface area contributed by atoms with Gasteiger partial charge in [0.15, 0.2) is 0 Å². The Bertz CT molecular complexity index is 671. The van der Waals surface area contributed by atoms with E-state index in [1.54, 1.807) is 34.0 Å². The van der Waals surface area contributed by atoms with Crippen LogP contribution in [-0.4, -0.2) is 10.9 Å². The molecule has 0 fully saturated rings. The van der Waals surface area contributed by atoms with Gasteiger partial charge in [0.1, 0.15) is 5.01 Å². The van der Waals surface area contributed by atoms with E-state index in [1.807, 2.05) is 40.4 Å². The molecule has 0 aliphatic heterocycles. The Hall–Kier alpha value is -1.50. The van der Waals surface area contributed by atoms with E-state index in [-0.39, 0.29) is 5.91 Å². The average Bonchev–Trinajstić information content (AvgIpc) is 3.18. The predicted octanol–water partition coefficient (Wildman–Crippen LogP) is 3.79. The largest absolute Gasteiger partial charge is 0.351 e. The Morgan fingerprint density at radius 2 is 2.00 bits per heavy atom. The van der Waals surface area contributed by atoms with Crippen LogP contribution in [0, 0.1) is 0 Å². The van der Waals surface area contributed by atoms with Crippen molar-refractivity contribution in [3.05, 3.63) is 51.0 Å². The summed E-state index contributed by atoms with van der Waals surface area (Å²) >= 11 is 4.90. The number of amides is 1. The van der Waals surface area contributed by atoms with Crippen LogP contribution in [0.5, 0.6) is 0 Å². The maximum Gasteiger partial charge on any atom is 0.226 e. The van der Waals surface area contributed by atoms with Crippen molar-refractivity contribution in [3.8, 4) is 9.88 Å². The minimum Gasteiger partial charge on any atom is -0.351 e. The summed E-state index contributed by atoms with van der Waals surface area (Å²) in [6.45, 7) is 0.596. The molecule has 0 atom stereocenters. The Kier molecular flexibility index (Phi) is 4.25. The molecule has 0 spiro atoms. The van der Waals surface area contributed by atoms with E-state index in [0.29, 0.717) is 13.0 Å². The summed E-state index contributed by atoms with van der Waals surface area (Å²) < 4.78 is 0. The first-order chi connectivity index (χ1) is 9.81. The van der Waals surface area contributed by atoms with Crippen LogP contribution >= 0.6 is 34.0 Å². The third-order valence-corrected chi connectivity index (χ3v) is 5.47. The van der Waals surface area contributed by atoms with Crippen LogP contribution in [0.1, 0.15) is 10.6 Å². The van der Waals surface area contributed by atoms with E-state index in [9.17, 15) is 4.79 Å². The topological polar surface area (TPSA) is 42.0 Å². The van der Waals surface area contributed by atoms with Gasteiger partial charge < -0.3 is 5.32 Å². The Labute approximate surface area is 128 Å². The molecule has 0 saturated carbocycles. The predicted molar refractivity (Wildman–Crippen MR) is 85.3 cm³/mol. The molecule has 0 aromatic carbocycles. The van der Waals surface area contributed by atoms with Crippen molar-refractivity contribution in [2.45, 2.75) is 13.0 Å². The van der Waals surface area contributed by atoms with Gasteiger partial charge in [-0.05, 0) is 22.9 Å². The third-order valence-electron chi connectivity index (χ3n) is 2.67. The second kappa shape index (κ2) is 6.30. The van der Waals surface area contributed by atoms with Crippen molar-refractivity contribution < 1.29 is 4.79 Å². The molecule has 3 aromatic rings. The molecule has 20 heavy (non-hydrogen) atoms. The highest BCUT2D eigenvalue weighted by atomic mass is 32.1. The standard InChI is InChI=1S/C14H12N2OS3/c17-13(15-8-11-3-1-5-18-11)7-10-9-20-14(16-10)12-4-2-6-19-12/h1-6,9H,7-8H2,(H,15,17). The number of carbonyl (C=O) groups excluding carboxylic acids is 1. The molecule has 0 saturated heterocycles. The fraction of sp³-hybridized carbons (Fsp3) is 0.143. The minimum absolute atomic E-state index is 0.0152. The highest BCUT2D eigenvalue weighted by Gasteiger charge is 2.09. The van der Waals surface area contributed by atoms with Gasteiger partial charge in [-0.2, -0.15) is 0 Å². The van der Waals surface area contributed by atoms with Crippen LogP contribution in [0.25, 0.3) is 9.88 Å². The lowest BCUT2D eigenvalue weighted by Gasteiger charge is -2.01. The first-order valence-electron chi connectivity index (χ1n) is 6.08. The van der Waals surface area contributed by atoms with Gasteiger partial charge in [-0.3, -0.25) is 4.79 Å². The number of rotatable bonds is 5. The van der Waals surface area contributed by atoms with Crippen molar-refractivity contribution in [1.29, 1.82) is 0 Å². The Morgan fingerprint density at radius 1 is 1.15 bits per heavy atom. The maximum absolute atomic E-state index is 11.9. The first-order valence-corrected chi connectivity index (χ1v) is 8.72. The zero-order chi connectivity index (χ0) is 13.8. The highest BCUT2D eigenvalue weighted by Crippen LogP contribution is 2.27. The number of thiazole rings is 1. The SMILES string of the molecule is O=C(Cc1csc(-c2cccs2)n1)NCc1cccs1. The van der Waals surface area contributed by atoms with Gasteiger partial charge in [-0.1, -0.05) is 12.1 Å². The van der Waals surface area contributed by atoms with Crippen molar-refractivity contribution in [2.24, 2.45) is 0 Å².